The van der Waals surface area contributed by atoms with Crippen molar-refractivity contribution in [3.05, 3.63) is 0 Å². The van der Waals surface area contributed by atoms with Gasteiger partial charge in [-0.15, -0.1) is 0 Å². The summed E-state index contributed by atoms with van der Waals surface area (Å²) in [6.07, 6.45) is 4.48. The van der Waals surface area contributed by atoms with Gasteiger partial charge in [-0.25, -0.2) is 4.79 Å². The van der Waals surface area contributed by atoms with E-state index in [2.05, 4.69) is 17.1 Å². The van der Waals surface area contributed by atoms with E-state index in [1.54, 1.807) is 0 Å². The molecule has 2 N–H and O–H groups in total. The van der Waals surface area contributed by atoms with Crippen molar-refractivity contribution in [2.24, 2.45) is 5.92 Å². The van der Waals surface area contributed by atoms with E-state index < -0.39 is 5.97 Å². The molecule has 3 fully saturated rings. The number of amides is 2. The molecule has 3 rings (SSSR count). The third kappa shape index (κ3) is 3.31. The highest BCUT2D eigenvalue weighted by molar-refractivity contribution is 5.76. The molecule has 0 bridgehead atoms. The van der Waals surface area contributed by atoms with Crippen LogP contribution in [-0.4, -0.2) is 64.7 Å². The fourth-order valence-electron chi connectivity index (χ4n) is 3.73. The van der Waals surface area contributed by atoms with E-state index in [1.807, 2.05) is 4.90 Å². The normalized spacial score (nSPS) is 30.8. The van der Waals surface area contributed by atoms with Crippen molar-refractivity contribution in [2.75, 3.05) is 19.6 Å². The highest BCUT2D eigenvalue weighted by Crippen LogP contribution is 2.34. The summed E-state index contributed by atoms with van der Waals surface area (Å²) in [6, 6.07) is 0.408. The smallest absolute Gasteiger partial charge is 0.317 e. The van der Waals surface area contributed by atoms with Crippen LogP contribution in [0.3, 0.4) is 0 Å². The Hall–Kier alpha value is -1.30. The first-order chi connectivity index (χ1) is 10.0. The van der Waals surface area contributed by atoms with Gasteiger partial charge in [-0.2, -0.15) is 0 Å². The van der Waals surface area contributed by atoms with Gasteiger partial charge in [0.25, 0.3) is 0 Å². The van der Waals surface area contributed by atoms with Gasteiger partial charge in [-0.05, 0) is 45.1 Å². The average molecular weight is 295 g/mol. The van der Waals surface area contributed by atoms with Crippen LogP contribution >= 0.6 is 0 Å². The van der Waals surface area contributed by atoms with Gasteiger partial charge < -0.3 is 15.3 Å². The van der Waals surface area contributed by atoms with Gasteiger partial charge in [0.05, 0.1) is 6.42 Å². The number of urea groups is 1. The topological polar surface area (TPSA) is 72.9 Å². The van der Waals surface area contributed by atoms with Crippen molar-refractivity contribution in [1.82, 2.24) is 15.1 Å². The summed E-state index contributed by atoms with van der Waals surface area (Å²) >= 11 is 0. The van der Waals surface area contributed by atoms with Gasteiger partial charge in [0.15, 0.2) is 0 Å². The van der Waals surface area contributed by atoms with E-state index in [1.165, 1.54) is 6.42 Å². The Kier molecular flexibility index (Phi) is 4.06. The molecule has 0 aromatic heterocycles. The van der Waals surface area contributed by atoms with Crippen LogP contribution in [0.2, 0.25) is 0 Å². The van der Waals surface area contributed by atoms with Crippen LogP contribution in [0, 0.1) is 5.92 Å². The second-order valence-electron chi connectivity index (χ2n) is 6.78. The fraction of sp³-hybridized carbons (Fsp3) is 0.867. The Labute approximate surface area is 125 Å². The molecular formula is C15H25N3O3. The number of nitrogens with zero attached hydrogens (tertiary/aromatic N) is 2. The van der Waals surface area contributed by atoms with Crippen molar-refractivity contribution in [2.45, 2.75) is 57.2 Å². The van der Waals surface area contributed by atoms with E-state index in [9.17, 15) is 9.59 Å². The third-order valence-corrected chi connectivity index (χ3v) is 5.09. The molecule has 118 valence electrons. The molecule has 2 heterocycles. The molecule has 6 nitrogen and oxygen atoms in total. The Morgan fingerprint density at radius 2 is 2.05 bits per heavy atom. The summed E-state index contributed by atoms with van der Waals surface area (Å²) in [5.41, 5.74) is 0. The number of hydrogen-bond donors (Lipinski definition) is 2. The first kappa shape index (κ1) is 14.6. The zero-order valence-corrected chi connectivity index (χ0v) is 12.6. The molecular weight excluding hydrogens is 270 g/mol. The van der Waals surface area contributed by atoms with Gasteiger partial charge in [-0.1, -0.05) is 0 Å². The number of carboxylic acid groups (broad SMARTS) is 1. The second kappa shape index (κ2) is 5.83. The van der Waals surface area contributed by atoms with E-state index in [4.69, 9.17) is 5.11 Å². The molecule has 3 atom stereocenters. The van der Waals surface area contributed by atoms with Gasteiger partial charge in [-0.3, -0.25) is 9.69 Å². The summed E-state index contributed by atoms with van der Waals surface area (Å²) in [5, 5.41) is 12.0. The third-order valence-electron chi connectivity index (χ3n) is 5.09. The standard InChI is InChI=1S/C15H25N3O3/c1-10-8-17-6-2-3-12(17)9-18(10)15(21)16-13(7-14(19)20)11-4-5-11/h10-13H,2-9H2,1H3,(H,16,21)(H,19,20). The minimum Gasteiger partial charge on any atom is -0.481 e. The highest BCUT2D eigenvalue weighted by Gasteiger charge is 2.39. The van der Waals surface area contributed by atoms with Crippen molar-refractivity contribution >= 4 is 12.0 Å². The molecule has 21 heavy (non-hydrogen) atoms. The molecule has 1 aliphatic carbocycles. The molecule has 3 unspecified atom stereocenters. The summed E-state index contributed by atoms with van der Waals surface area (Å²) in [7, 11) is 0. The quantitative estimate of drug-likeness (QED) is 0.815. The second-order valence-corrected chi connectivity index (χ2v) is 6.78. The number of nitrogens with one attached hydrogen (secondary N) is 1. The maximum absolute atomic E-state index is 12.5. The van der Waals surface area contributed by atoms with E-state index in [0.29, 0.717) is 12.0 Å². The lowest BCUT2D eigenvalue weighted by molar-refractivity contribution is -0.137. The first-order valence-corrected chi connectivity index (χ1v) is 8.07. The number of aliphatic carboxylic acids is 1. The van der Waals surface area contributed by atoms with Crippen LogP contribution in [0.4, 0.5) is 4.79 Å². The molecule has 0 spiro atoms. The van der Waals surface area contributed by atoms with Gasteiger partial charge >= 0.3 is 12.0 Å². The molecule has 2 aliphatic heterocycles. The number of fused-ring (bicyclic) bond motifs is 1. The number of carboxylic acids is 1. The van der Waals surface area contributed by atoms with Crippen LogP contribution in [0.5, 0.6) is 0 Å². The molecule has 0 aromatic carbocycles. The number of carbonyl (C=O) groups excluding carboxylic acids is 1. The van der Waals surface area contributed by atoms with Gasteiger partial charge in [0.1, 0.15) is 0 Å². The molecule has 0 aromatic rings. The van der Waals surface area contributed by atoms with Gasteiger partial charge in [0.2, 0.25) is 0 Å². The average Bonchev–Trinajstić information content (AvgIpc) is 3.16. The Balaban J connectivity index is 1.59. The largest absolute Gasteiger partial charge is 0.481 e. The lowest BCUT2D eigenvalue weighted by Gasteiger charge is -2.42. The number of carbonyl (C=O) groups is 2. The summed E-state index contributed by atoms with van der Waals surface area (Å²) in [6.45, 7) is 4.94. The predicted octanol–water partition coefficient (Wildman–Crippen LogP) is 1.12. The number of piperazine rings is 1. The van der Waals surface area contributed by atoms with Crippen LogP contribution < -0.4 is 5.32 Å². The van der Waals surface area contributed by atoms with Crippen molar-refractivity contribution in [3.63, 3.8) is 0 Å². The fourth-order valence-corrected chi connectivity index (χ4v) is 3.73. The van der Waals surface area contributed by atoms with Crippen molar-refractivity contribution < 1.29 is 14.7 Å². The Morgan fingerprint density at radius 1 is 1.29 bits per heavy atom. The number of rotatable bonds is 4. The van der Waals surface area contributed by atoms with Crippen LogP contribution in [0.15, 0.2) is 0 Å². The molecule has 2 amide bonds. The van der Waals surface area contributed by atoms with Crippen LogP contribution in [0.1, 0.15) is 39.0 Å². The SMILES string of the molecule is CC1CN2CCCC2CN1C(=O)NC(CC(=O)O)C1CC1. The maximum atomic E-state index is 12.5. The minimum absolute atomic E-state index is 0.0359. The summed E-state index contributed by atoms with van der Waals surface area (Å²) in [4.78, 5) is 27.8. The molecule has 1 saturated carbocycles. The van der Waals surface area contributed by atoms with Crippen molar-refractivity contribution in [3.8, 4) is 0 Å². The van der Waals surface area contributed by atoms with E-state index in [-0.39, 0.29) is 24.5 Å². The summed E-state index contributed by atoms with van der Waals surface area (Å²) < 4.78 is 0. The first-order valence-electron chi connectivity index (χ1n) is 8.07. The van der Waals surface area contributed by atoms with Crippen LogP contribution in [-0.2, 0) is 4.79 Å². The predicted molar refractivity (Wildman–Crippen MR) is 78.1 cm³/mol. The Morgan fingerprint density at radius 3 is 2.71 bits per heavy atom. The lowest BCUT2D eigenvalue weighted by Crippen LogP contribution is -2.60. The monoisotopic (exact) mass is 295 g/mol. The highest BCUT2D eigenvalue weighted by atomic mass is 16.4. The van der Waals surface area contributed by atoms with Crippen molar-refractivity contribution in [1.29, 1.82) is 0 Å². The zero-order chi connectivity index (χ0) is 15.0. The number of hydrogen-bond acceptors (Lipinski definition) is 3. The minimum atomic E-state index is -0.833. The molecule has 2 saturated heterocycles. The van der Waals surface area contributed by atoms with Crippen LogP contribution in [0.25, 0.3) is 0 Å². The molecule has 0 radical (unpaired) electrons. The van der Waals surface area contributed by atoms with Gasteiger partial charge in [0, 0.05) is 31.2 Å². The molecule has 6 heteroatoms. The Bertz CT molecular complexity index is 424. The molecule has 3 aliphatic rings. The summed E-state index contributed by atoms with van der Waals surface area (Å²) in [5.74, 6) is -0.478. The lowest BCUT2D eigenvalue weighted by atomic mass is 10.1. The van der Waals surface area contributed by atoms with E-state index in [0.717, 1.165) is 38.9 Å². The maximum Gasteiger partial charge on any atom is 0.317 e. The zero-order valence-electron chi connectivity index (χ0n) is 12.6. The van der Waals surface area contributed by atoms with E-state index >= 15 is 0 Å².